The highest BCUT2D eigenvalue weighted by Gasteiger charge is 2.49. The fourth-order valence-corrected chi connectivity index (χ4v) is 7.69. The zero-order valence-corrected chi connectivity index (χ0v) is 16.0. The maximum atomic E-state index is 12.7. The Morgan fingerprint density at radius 1 is 1.24 bits per heavy atom. The molecule has 0 aromatic carbocycles. The lowest BCUT2D eigenvalue weighted by Crippen LogP contribution is -2.60. The minimum Gasteiger partial charge on any atom is -0.292 e. The molecule has 2 saturated heterocycles. The summed E-state index contributed by atoms with van der Waals surface area (Å²) in [6.07, 6.45) is 4.86. The van der Waals surface area contributed by atoms with Gasteiger partial charge in [-0.25, -0.2) is 16.8 Å². The van der Waals surface area contributed by atoms with Crippen LogP contribution in [0.2, 0.25) is 0 Å². The van der Waals surface area contributed by atoms with E-state index < -0.39 is 25.9 Å². The van der Waals surface area contributed by atoms with E-state index in [1.807, 2.05) is 19.1 Å². The number of hydrogen-bond donors (Lipinski definition) is 0. The molecule has 3 rings (SSSR count). The van der Waals surface area contributed by atoms with E-state index in [-0.39, 0.29) is 23.3 Å². The number of aromatic nitrogens is 1. The Kier molecular flexibility index (Phi) is 5.48. The first kappa shape index (κ1) is 18.8. The highest BCUT2D eigenvalue weighted by molar-refractivity contribution is 7.92. The number of rotatable bonds is 6. The van der Waals surface area contributed by atoms with Gasteiger partial charge < -0.3 is 0 Å². The quantitative estimate of drug-likeness (QED) is 0.706. The van der Waals surface area contributed by atoms with Crippen LogP contribution in [0, 0.1) is 0 Å². The molecular formula is C16H25N3O4S2. The van der Waals surface area contributed by atoms with E-state index in [0.717, 1.165) is 12.0 Å². The molecule has 0 unspecified atom stereocenters. The summed E-state index contributed by atoms with van der Waals surface area (Å²) in [5.74, 6) is 0.0413. The van der Waals surface area contributed by atoms with E-state index in [0.29, 0.717) is 26.1 Å². The third kappa shape index (κ3) is 4.21. The summed E-state index contributed by atoms with van der Waals surface area (Å²) in [4.78, 5) is 6.20. The SMILES string of the molecule is CCCCS(=O)(=O)N1CCN(Cc2cccnc2)[C@@H]2CS(=O)(=O)C[C@@H]21. The highest BCUT2D eigenvalue weighted by Crippen LogP contribution is 2.30. The molecule has 0 bridgehead atoms. The molecule has 2 aliphatic heterocycles. The Hall–Kier alpha value is -1.03. The maximum Gasteiger partial charge on any atom is 0.214 e. The van der Waals surface area contributed by atoms with E-state index in [1.54, 1.807) is 12.4 Å². The Morgan fingerprint density at radius 2 is 2.00 bits per heavy atom. The number of piperazine rings is 1. The van der Waals surface area contributed by atoms with Gasteiger partial charge in [-0.2, -0.15) is 4.31 Å². The Morgan fingerprint density at radius 3 is 2.68 bits per heavy atom. The predicted molar refractivity (Wildman–Crippen MR) is 96.3 cm³/mol. The second kappa shape index (κ2) is 7.30. The number of fused-ring (bicyclic) bond motifs is 1. The molecule has 25 heavy (non-hydrogen) atoms. The van der Waals surface area contributed by atoms with E-state index in [2.05, 4.69) is 9.88 Å². The summed E-state index contributed by atoms with van der Waals surface area (Å²) in [7, 11) is -6.65. The molecule has 2 atom stereocenters. The highest BCUT2D eigenvalue weighted by atomic mass is 32.2. The molecular weight excluding hydrogens is 362 g/mol. The van der Waals surface area contributed by atoms with Crippen molar-refractivity contribution in [2.75, 3.05) is 30.3 Å². The minimum absolute atomic E-state index is 0.0255. The van der Waals surface area contributed by atoms with Crippen LogP contribution in [-0.2, 0) is 26.4 Å². The van der Waals surface area contributed by atoms with Gasteiger partial charge in [-0.3, -0.25) is 9.88 Å². The van der Waals surface area contributed by atoms with E-state index >= 15 is 0 Å². The van der Waals surface area contributed by atoms with Gasteiger partial charge in [-0.05, 0) is 18.1 Å². The summed E-state index contributed by atoms with van der Waals surface area (Å²) < 4.78 is 51.2. The van der Waals surface area contributed by atoms with Crippen molar-refractivity contribution in [3.05, 3.63) is 30.1 Å². The van der Waals surface area contributed by atoms with Crippen LogP contribution >= 0.6 is 0 Å². The monoisotopic (exact) mass is 387 g/mol. The first-order valence-electron chi connectivity index (χ1n) is 8.65. The standard InChI is InChI=1S/C16H25N3O4S2/c1-2-3-9-25(22,23)19-8-7-18(11-14-5-4-6-17-10-14)15-12-24(20,21)13-16(15)19/h4-6,10,15-16H,2-3,7-9,11-13H2,1H3/t15-,16+/m1/s1. The van der Waals surface area contributed by atoms with Gasteiger partial charge in [0, 0.05) is 38.1 Å². The Labute approximate surface area is 150 Å². The number of sulfone groups is 1. The Bertz CT molecular complexity index is 796. The first-order chi connectivity index (χ1) is 11.8. The second-order valence-corrected chi connectivity index (χ2v) is 11.0. The molecule has 0 saturated carbocycles. The summed E-state index contributed by atoms with van der Waals surface area (Å²) in [5, 5.41) is 0. The molecule has 0 radical (unpaired) electrons. The second-order valence-electron chi connectivity index (χ2n) is 6.82. The van der Waals surface area contributed by atoms with Gasteiger partial charge >= 0.3 is 0 Å². The normalized spacial score (nSPS) is 27.2. The third-order valence-corrected chi connectivity index (χ3v) is 8.63. The zero-order chi connectivity index (χ0) is 18.1. The average molecular weight is 388 g/mol. The van der Waals surface area contributed by atoms with Gasteiger partial charge in [-0.1, -0.05) is 19.4 Å². The number of pyridine rings is 1. The van der Waals surface area contributed by atoms with Crippen LogP contribution in [-0.4, -0.2) is 73.5 Å². The van der Waals surface area contributed by atoms with Crippen molar-refractivity contribution in [3.8, 4) is 0 Å². The topological polar surface area (TPSA) is 87.7 Å². The molecule has 2 fully saturated rings. The molecule has 0 aliphatic carbocycles. The summed E-state index contributed by atoms with van der Waals surface area (Å²) in [6.45, 7) is 3.43. The average Bonchev–Trinajstić information content (AvgIpc) is 2.89. The summed E-state index contributed by atoms with van der Waals surface area (Å²) in [5.41, 5.74) is 1.01. The van der Waals surface area contributed by atoms with Crippen molar-refractivity contribution in [2.45, 2.75) is 38.4 Å². The van der Waals surface area contributed by atoms with Gasteiger partial charge in [0.25, 0.3) is 0 Å². The van der Waals surface area contributed by atoms with Crippen LogP contribution in [0.1, 0.15) is 25.3 Å². The molecule has 0 amide bonds. The van der Waals surface area contributed by atoms with Crippen molar-refractivity contribution >= 4 is 19.9 Å². The van der Waals surface area contributed by atoms with Gasteiger partial charge in [0.15, 0.2) is 9.84 Å². The molecule has 9 heteroatoms. The van der Waals surface area contributed by atoms with E-state index in [1.165, 1.54) is 4.31 Å². The fraction of sp³-hybridized carbons (Fsp3) is 0.688. The van der Waals surface area contributed by atoms with E-state index in [4.69, 9.17) is 0 Å². The summed E-state index contributed by atoms with van der Waals surface area (Å²) in [6, 6.07) is 3.05. The lowest BCUT2D eigenvalue weighted by Gasteiger charge is -2.43. The minimum atomic E-state index is -3.42. The van der Waals surface area contributed by atoms with Crippen molar-refractivity contribution in [2.24, 2.45) is 0 Å². The van der Waals surface area contributed by atoms with Gasteiger partial charge in [0.05, 0.1) is 23.3 Å². The lowest BCUT2D eigenvalue weighted by molar-refractivity contribution is 0.0890. The van der Waals surface area contributed by atoms with Crippen LogP contribution in [0.25, 0.3) is 0 Å². The lowest BCUT2D eigenvalue weighted by atomic mass is 10.1. The maximum absolute atomic E-state index is 12.7. The summed E-state index contributed by atoms with van der Waals surface area (Å²) >= 11 is 0. The van der Waals surface area contributed by atoms with Crippen molar-refractivity contribution in [1.82, 2.24) is 14.2 Å². The van der Waals surface area contributed by atoms with Crippen LogP contribution in [0.4, 0.5) is 0 Å². The first-order valence-corrected chi connectivity index (χ1v) is 12.1. The molecule has 7 nitrogen and oxygen atoms in total. The molecule has 1 aromatic heterocycles. The largest absolute Gasteiger partial charge is 0.292 e. The number of unbranched alkanes of at least 4 members (excludes halogenated alkanes) is 1. The number of sulfonamides is 1. The number of hydrogen-bond acceptors (Lipinski definition) is 6. The predicted octanol–water partition coefficient (Wildman–Crippen LogP) is 0.495. The zero-order valence-electron chi connectivity index (χ0n) is 14.4. The molecule has 2 aliphatic rings. The van der Waals surface area contributed by atoms with Crippen LogP contribution in [0.5, 0.6) is 0 Å². The van der Waals surface area contributed by atoms with Crippen molar-refractivity contribution < 1.29 is 16.8 Å². The van der Waals surface area contributed by atoms with Crippen molar-refractivity contribution in [1.29, 1.82) is 0 Å². The molecule has 3 heterocycles. The van der Waals surface area contributed by atoms with Crippen LogP contribution < -0.4 is 0 Å². The van der Waals surface area contributed by atoms with E-state index in [9.17, 15) is 16.8 Å². The van der Waals surface area contributed by atoms with Gasteiger partial charge in [0.1, 0.15) is 0 Å². The van der Waals surface area contributed by atoms with Gasteiger partial charge in [-0.15, -0.1) is 0 Å². The Balaban J connectivity index is 1.82. The number of nitrogens with zero attached hydrogens (tertiary/aromatic N) is 3. The fourth-order valence-electron chi connectivity index (χ4n) is 3.70. The van der Waals surface area contributed by atoms with Crippen LogP contribution in [0.3, 0.4) is 0 Å². The molecule has 140 valence electrons. The molecule has 0 N–H and O–H groups in total. The van der Waals surface area contributed by atoms with Crippen molar-refractivity contribution in [3.63, 3.8) is 0 Å². The van der Waals surface area contributed by atoms with Gasteiger partial charge in [0.2, 0.25) is 10.0 Å². The molecule has 1 aromatic rings. The molecule has 0 spiro atoms. The third-order valence-electron chi connectivity index (χ3n) is 4.96. The van der Waals surface area contributed by atoms with Crippen LogP contribution in [0.15, 0.2) is 24.5 Å². The smallest absolute Gasteiger partial charge is 0.214 e.